The van der Waals surface area contributed by atoms with Crippen molar-refractivity contribution in [2.75, 3.05) is 33.3 Å². The van der Waals surface area contributed by atoms with Crippen LogP contribution < -0.4 is 10.1 Å². The van der Waals surface area contributed by atoms with Gasteiger partial charge >= 0.3 is 6.03 Å². The molecule has 1 saturated heterocycles. The second-order valence-electron chi connectivity index (χ2n) is 15.0. The van der Waals surface area contributed by atoms with Crippen LogP contribution >= 0.6 is 0 Å². The van der Waals surface area contributed by atoms with Gasteiger partial charge in [-0.1, -0.05) is 77.1 Å². The quantitative estimate of drug-likeness (QED) is 0.181. The first-order valence-electron chi connectivity index (χ1n) is 17.7. The van der Waals surface area contributed by atoms with Crippen molar-refractivity contribution >= 4 is 33.0 Å². The van der Waals surface area contributed by atoms with E-state index in [-0.39, 0.29) is 36.4 Å². The summed E-state index contributed by atoms with van der Waals surface area (Å²) in [6.07, 6.45) is -1.03. The highest BCUT2D eigenvalue weighted by molar-refractivity contribution is 7.89. The SMILES string of the molecule is COc1ccc(S(=O)(=O)N(CC(C)C)C[C@H](O)[C@H](Cc2ccccc2)NC(=O)[C@@H](N2CCN(Cc3nc4ccccc4n3C)C2=O)C(C)(C)C)cc1. The highest BCUT2D eigenvalue weighted by Crippen LogP contribution is 2.30. The molecule has 0 spiro atoms. The molecule has 12 nitrogen and oxygen atoms in total. The van der Waals surface area contributed by atoms with Gasteiger partial charge < -0.3 is 29.5 Å². The van der Waals surface area contributed by atoms with E-state index in [1.54, 1.807) is 21.9 Å². The molecular weight excluding hydrogens is 681 g/mol. The molecule has 3 aromatic carbocycles. The Morgan fingerprint density at radius 2 is 1.63 bits per heavy atom. The number of hydrogen-bond acceptors (Lipinski definition) is 7. The molecule has 13 heteroatoms. The van der Waals surface area contributed by atoms with Crippen LogP contribution in [0, 0.1) is 11.3 Å². The van der Waals surface area contributed by atoms with Crippen LogP contribution in [-0.4, -0.2) is 101 Å². The molecule has 0 saturated carbocycles. The summed E-state index contributed by atoms with van der Waals surface area (Å²) in [7, 11) is -0.578. The third-order valence-corrected chi connectivity index (χ3v) is 11.3. The topological polar surface area (TPSA) is 137 Å². The molecule has 4 aromatic rings. The Balaban J connectivity index is 1.39. The van der Waals surface area contributed by atoms with Gasteiger partial charge in [-0.25, -0.2) is 18.2 Å². The van der Waals surface area contributed by atoms with E-state index in [1.807, 2.05) is 101 Å². The van der Waals surface area contributed by atoms with Gasteiger partial charge in [0.2, 0.25) is 15.9 Å². The summed E-state index contributed by atoms with van der Waals surface area (Å²) >= 11 is 0. The highest BCUT2D eigenvalue weighted by atomic mass is 32.2. The normalized spacial score (nSPS) is 15.8. The number of aryl methyl sites for hydroxylation is 1. The Labute approximate surface area is 307 Å². The Morgan fingerprint density at radius 3 is 2.25 bits per heavy atom. The number of benzene rings is 3. The number of aromatic nitrogens is 2. The van der Waals surface area contributed by atoms with Crippen LogP contribution in [0.4, 0.5) is 4.79 Å². The molecule has 0 bridgehead atoms. The van der Waals surface area contributed by atoms with Crippen LogP contribution in [0.25, 0.3) is 11.0 Å². The van der Waals surface area contributed by atoms with Crippen LogP contribution in [0.2, 0.25) is 0 Å². The van der Waals surface area contributed by atoms with E-state index >= 15 is 0 Å². The van der Waals surface area contributed by atoms with Gasteiger partial charge in [-0.3, -0.25) is 4.79 Å². The van der Waals surface area contributed by atoms with Gasteiger partial charge in [0.25, 0.3) is 0 Å². The predicted octanol–water partition coefficient (Wildman–Crippen LogP) is 4.67. The number of rotatable bonds is 15. The van der Waals surface area contributed by atoms with Crippen molar-refractivity contribution in [1.29, 1.82) is 0 Å². The number of fused-ring (bicyclic) bond motifs is 1. The summed E-state index contributed by atoms with van der Waals surface area (Å²) in [5.41, 5.74) is 2.01. The summed E-state index contributed by atoms with van der Waals surface area (Å²) < 4.78 is 36.3. The summed E-state index contributed by atoms with van der Waals surface area (Å²) in [4.78, 5) is 36.5. The van der Waals surface area contributed by atoms with Crippen LogP contribution in [0.3, 0.4) is 0 Å². The zero-order valence-electron chi connectivity index (χ0n) is 31.2. The number of hydrogen-bond donors (Lipinski definition) is 2. The van der Waals surface area contributed by atoms with Gasteiger partial charge in [-0.15, -0.1) is 0 Å². The summed E-state index contributed by atoms with van der Waals surface area (Å²) in [5, 5.41) is 14.9. The Morgan fingerprint density at radius 1 is 0.981 bits per heavy atom. The fraction of sp³-hybridized carbons (Fsp3) is 0.462. The number of nitrogens with one attached hydrogen (secondary N) is 1. The molecular formula is C39H52N6O6S. The smallest absolute Gasteiger partial charge is 0.321 e. The molecule has 0 aliphatic carbocycles. The number of carbonyl (C=O) groups excluding carboxylic acids is 2. The molecule has 1 aliphatic rings. The molecule has 1 fully saturated rings. The van der Waals surface area contributed by atoms with Crippen LogP contribution in [0.15, 0.2) is 83.8 Å². The number of carbonyl (C=O) groups is 2. The third kappa shape index (κ3) is 8.76. The van der Waals surface area contributed by atoms with E-state index < -0.39 is 39.5 Å². The first kappa shape index (κ1) is 38.8. The Hall–Kier alpha value is -4.46. The van der Waals surface area contributed by atoms with E-state index in [9.17, 15) is 23.1 Å². The van der Waals surface area contributed by atoms with Gasteiger partial charge in [0.1, 0.15) is 17.6 Å². The third-order valence-electron chi connectivity index (χ3n) is 9.47. The van der Waals surface area contributed by atoms with E-state index in [1.165, 1.54) is 23.5 Å². The number of para-hydroxylation sites is 2. The van der Waals surface area contributed by atoms with Crippen molar-refractivity contribution in [3.8, 4) is 5.75 Å². The molecule has 0 radical (unpaired) electrons. The van der Waals surface area contributed by atoms with Gasteiger partial charge in [0, 0.05) is 33.2 Å². The first-order chi connectivity index (χ1) is 24.6. The molecule has 1 aliphatic heterocycles. The summed E-state index contributed by atoms with van der Waals surface area (Å²) in [6, 6.07) is 21.4. The maximum Gasteiger partial charge on any atom is 0.321 e. The molecule has 2 N–H and O–H groups in total. The molecule has 1 aromatic heterocycles. The van der Waals surface area contributed by atoms with Crippen LogP contribution in [0.1, 0.15) is 46.0 Å². The second kappa shape index (κ2) is 16.1. The van der Waals surface area contributed by atoms with E-state index in [2.05, 4.69) is 5.32 Å². The van der Waals surface area contributed by atoms with Crippen molar-refractivity contribution in [3.63, 3.8) is 0 Å². The van der Waals surface area contributed by atoms with Gasteiger partial charge in [-0.2, -0.15) is 4.31 Å². The molecule has 3 atom stereocenters. The Kier molecular flexibility index (Phi) is 12.0. The van der Waals surface area contributed by atoms with Crippen molar-refractivity contribution in [1.82, 2.24) is 29.0 Å². The minimum absolute atomic E-state index is 0.0408. The van der Waals surface area contributed by atoms with Crippen molar-refractivity contribution in [3.05, 3.63) is 90.3 Å². The van der Waals surface area contributed by atoms with Gasteiger partial charge in [-0.05, 0) is 59.7 Å². The molecule has 2 heterocycles. The van der Waals surface area contributed by atoms with Crippen LogP contribution in [0.5, 0.6) is 5.75 Å². The number of aliphatic hydroxyl groups is 1. The fourth-order valence-corrected chi connectivity index (χ4v) is 8.44. The highest BCUT2D eigenvalue weighted by Gasteiger charge is 2.44. The molecule has 5 rings (SSSR count). The van der Waals surface area contributed by atoms with Crippen LogP contribution in [-0.2, 0) is 34.8 Å². The number of imidazole rings is 1. The zero-order valence-corrected chi connectivity index (χ0v) is 32.0. The first-order valence-corrected chi connectivity index (χ1v) is 19.2. The lowest BCUT2D eigenvalue weighted by atomic mass is 9.84. The number of ether oxygens (including phenoxy) is 1. The van der Waals surface area contributed by atoms with E-state index in [4.69, 9.17) is 9.72 Å². The summed E-state index contributed by atoms with van der Waals surface area (Å²) in [5.74, 6) is 0.813. The number of urea groups is 1. The zero-order chi connectivity index (χ0) is 37.8. The second-order valence-corrected chi connectivity index (χ2v) is 16.9. The minimum atomic E-state index is -4.01. The maximum atomic E-state index is 14.4. The number of nitrogens with zero attached hydrogens (tertiary/aromatic N) is 5. The lowest BCUT2D eigenvalue weighted by Gasteiger charge is -2.38. The van der Waals surface area contributed by atoms with E-state index in [0.29, 0.717) is 25.4 Å². The van der Waals surface area contributed by atoms with Crippen molar-refractivity contribution in [2.45, 2.75) is 70.7 Å². The van der Waals surface area contributed by atoms with Gasteiger partial charge in [0.05, 0.1) is 41.7 Å². The Bertz CT molecular complexity index is 1940. The van der Waals surface area contributed by atoms with E-state index in [0.717, 1.165) is 22.4 Å². The number of sulfonamides is 1. The molecule has 3 amide bonds. The molecule has 52 heavy (non-hydrogen) atoms. The predicted molar refractivity (Wildman–Crippen MR) is 201 cm³/mol. The average molecular weight is 733 g/mol. The molecule has 0 unspecified atom stereocenters. The van der Waals surface area contributed by atoms with Gasteiger partial charge in [0.15, 0.2) is 0 Å². The number of methoxy groups -OCH3 is 1. The molecule has 280 valence electrons. The lowest BCUT2D eigenvalue weighted by molar-refractivity contribution is -0.130. The summed E-state index contributed by atoms with van der Waals surface area (Å²) in [6.45, 7) is 10.5. The van der Waals surface area contributed by atoms with Crippen molar-refractivity contribution < 1.29 is 27.9 Å². The minimum Gasteiger partial charge on any atom is -0.497 e. The lowest BCUT2D eigenvalue weighted by Crippen LogP contribution is -2.59. The fourth-order valence-electron chi connectivity index (χ4n) is 6.82. The number of amides is 3. The standard InChI is InChI=1S/C39H52N6O6S/c1-27(2)24-44(52(49,50)30-19-17-29(51-7)18-20-30)25-34(46)32(23-28-13-9-8-10-14-28)41-37(47)36(39(3,4)5)45-22-21-43(38(45)48)26-35-40-31-15-11-12-16-33(31)42(35)6/h8-20,27,32,34,36,46H,21-26H2,1-7H3,(H,41,47)/t32-,34-,36+/m0/s1. The number of aliphatic hydroxyl groups excluding tert-OH is 1. The monoisotopic (exact) mass is 732 g/mol. The largest absolute Gasteiger partial charge is 0.497 e. The van der Waals surface area contributed by atoms with Crippen molar-refractivity contribution in [2.24, 2.45) is 18.4 Å². The average Bonchev–Trinajstić information content (AvgIpc) is 3.61. The maximum absolute atomic E-state index is 14.4.